The SMILES string of the molecule is COc1ccc(CN2C(=NC(=O)Cc3cccc(C)c3)S[C@@H]3CS(=O)(=O)C[C@@H]32)cc1. The second-order valence-corrected chi connectivity index (χ2v) is 11.1. The van der Waals surface area contributed by atoms with Gasteiger partial charge in [-0.25, -0.2) is 8.42 Å². The second-order valence-electron chi connectivity index (χ2n) is 7.73. The minimum atomic E-state index is -3.07. The number of hydrogen-bond acceptors (Lipinski definition) is 5. The summed E-state index contributed by atoms with van der Waals surface area (Å²) in [6, 6.07) is 15.3. The first kappa shape index (κ1) is 20.9. The molecule has 0 aliphatic carbocycles. The van der Waals surface area contributed by atoms with Gasteiger partial charge in [0.15, 0.2) is 15.0 Å². The number of aliphatic imine (C=N–C) groups is 1. The van der Waals surface area contributed by atoms with Crippen LogP contribution in [0.5, 0.6) is 5.75 Å². The second kappa shape index (κ2) is 8.43. The molecule has 30 heavy (non-hydrogen) atoms. The first-order chi connectivity index (χ1) is 14.3. The maximum atomic E-state index is 12.6. The third-order valence-corrected chi connectivity index (χ3v) is 8.59. The van der Waals surface area contributed by atoms with Crippen molar-refractivity contribution < 1.29 is 17.9 Å². The lowest BCUT2D eigenvalue weighted by Gasteiger charge is -2.24. The van der Waals surface area contributed by atoms with Crippen LogP contribution >= 0.6 is 11.8 Å². The van der Waals surface area contributed by atoms with E-state index in [0.29, 0.717) is 11.7 Å². The van der Waals surface area contributed by atoms with E-state index in [2.05, 4.69) is 4.99 Å². The van der Waals surface area contributed by atoms with Crippen LogP contribution in [0.4, 0.5) is 0 Å². The van der Waals surface area contributed by atoms with E-state index in [9.17, 15) is 13.2 Å². The number of aryl methyl sites for hydroxylation is 1. The fourth-order valence-electron chi connectivity index (χ4n) is 3.89. The number of amidine groups is 1. The van der Waals surface area contributed by atoms with Crippen molar-refractivity contribution in [2.75, 3.05) is 18.6 Å². The van der Waals surface area contributed by atoms with Crippen molar-refractivity contribution in [1.82, 2.24) is 4.90 Å². The lowest BCUT2D eigenvalue weighted by molar-refractivity contribution is -0.117. The minimum Gasteiger partial charge on any atom is -0.497 e. The van der Waals surface area contributed by atoms with Crippen LogP contribution < -0.4 is 4.74 Å². The molecule has 2 aromatic carbocycles. The lowest BCUT2D eigenvalue weighted by atomic mass is 10.1. The fraction of sp³-hybridized carbons (Fsp3) is 0.364. The molecule has 2 aromatic rings. The average Bonchev–Trinajstić information content (AvgIpc) is 3.14. The Morgan fingerprint density at radius 3 is 2.63 bits per heavy atom. The van der Waals surface area contributed by atoms with Crippen LogP contribution in [-0.2, 0) is 27.6 Å². The Balaban J connectivity index is 1.56. The number of methoxy groups -OCH3 is 1. The van der Waals surface area contributed by atoms with Crippen LogP contribution in [0, 0.1) is 6.92 Å². The zero-order valence-corrected chi connectivity index (χ0v) is 18.6. The van der Waals surface area contributed by atoms with Crippen LogP contribution in [-0.4, -0.2) is 54.3 Å². The molecule has 2 saturated heterocycles. The Hall–Kier alpha value is -2.32. The van der Waals surface area contributed by atoms with E-state index in [1.165, 1.54) is 11.8 Å². The molecule has 4 rings (SSSR count). The van der Waals surface area contributed by atoms with Crippen molar-refractivity contribution in [1.29, 1.82) is 0 Å². The summed E-state index contributed by atoms with van der Waals surface area (Å²) < 4.78 is 29.5. The summed E-state index contributed by atoms with van der Waals surface area (Å²) in [6.45, 7) is 2.50. The average molecular weight is 445 g/mol. The lowest BCUT2D eigenvalue weighted by Crippen LogP contribution is -2.37. The van der Waals surface area contributed by atoms with Gasteiger partial charge in [-0.05, 0) is 30.2 Å². The van der Waals surface area contributed by atoms with Gasteiger partial charge < -0.3 is 9.64 Å². The number of fused-ring (bicyclic) bond motifs is 1. The smallest absolute Gasteiger partial charge is 0.252 e. The summed E-state index contributed by atoms with van der Waals surface area (Å²) >= 11 is 1.41. The molecule has 0 spiro atoms. The zero-order chi connectivity index (χ0) is 21.3. The van der Waals surface area contributed by atoms with E-state index < -0.39 is 9.84 Å². The van der Waals surface area contributed by atoms with Gasteiger partial charge in [0.1, 0.15) is 5.75 Å². The topological polar surface area (TPSA) is 76.0 Å². The Bertz CT molecular complexity index is 1080. The van der Waals surface area contributed by atoms with Crippen LogP contribution in [0.25, 0.3) is 0 Å². The predicted octanol–water partition coefficient (Wildman–Crippen LogP) is 2.84. The van der Waals surface area contributed by atoms with Gasteiger partial charge in [-0.2, -0.15) is 4.99 Å². The molecule has 2 atom stereocenters. The standard InChI is InChI=1S/C22H24N2O4S2/c1-15-4-3-5-17(10-15)11-21(25)23-22-24(12-16-6-8-18(28-2)9-7-16)19-13-30(26,27)14-20(19)29-22/h3-10,19-20H,11-14H2,1-2H3/t19-,20+/m0/s1. The molecule has 158 valence electrons. The van der Waals surface area contributed by atoms with E-state index in [4.69, 9.17) is 4.74 Å². The Morgan fingerprint density at radius 2 is 1.93 bits per heavy atom. The number of hydrogen-bond donors (Lipinski definition) is 0. The summed E-state index contributed by atoms with van der Waals surface area (Å²) in [5, 5.41) is 0.534. The number of nitrogens with zero attached hydrogens (tertiary/aromatic N) is 2. The van der Waals surface area contributed by atoms with E-state index in [1.807, 2.05) is 60.4 Å². The van der Waals surface area contributed by atoms with Gasteiger partial charge in [0.05, 0.1) is 31.1 Å². The van der Waals surface area contributed by atoms with Crippen molar-refractivity contribution in [3.05, 3.63) is 65.2 Å². The highest BCUT2D eigenvalue weighted by Gasteiger charge is 2.48. The molecule has 0 radical (unpaired) electrons. The van der Waals surface area contributed by atoms with Gasteiger partial charge in [-0.1, -0.05) is 53.7 Å². The normalized spacial score (nSPS) is 23.5. The molecular weight excluding hydrogens is 420 g/mol. The van der Waals surface area contributed by atoms with Gasteiger partial charge in [-0.15, -0.1) is 0 Å². The largest absolute Gasteiger partial charge is 0.497 e. The van der Waals surface area contributed by atoms with Crippen LogP contribution in [0.2, 0.25) is 0 Å². The van der Waals surface area contributed by atoms with Crippen molar-refractivity contribution in [3.8, 4) is 5.75 Å². The summed E-state index contributed by atoms with van der Waals surface area (Å²) in [4.78, 5) is 19.0. The van der Waals surface area contributed by atoms with Crippen LogP contribution in [0.15, 0.2) is 53.5 Å². The van der Waals surface area contributed by atoms with Crippen molar-refractivity contribution in [2.24, 2.45) is 4.99 Å². The number of carbonyl (C=O) groups is 1. The summed E-state index contributed by atoms with van der Waals surface area (Å²) in [5.41, 5.74) is 3.04. The number of thioether (sulfide) groups is 1. The molecule has 0 aromatic heterocycles. The van der Waals surface area contributed by atoms with E-state index in [-0.39, 0.29) is 35.1 Å². The highest BCUT2D eigenvalue weighted by molar-refractivity contribution is 8.15. The summed E-state index contributed by atoms with van der Waals surface area (Å²) in [6.07, 6.45) is 0.232. The van der Waals surface area contributed by atoms with Crippen molar-refractivity contribution in [3.63, 3.8) is 0 Å². The number of benzene rings is 2. The third-order valence-electron chi connectivity index (χ3n) is 5.35. The first-order valence-corrected chi connectivity index (χ1v) is 12.5. The van der Waals surface area contributed by atoms with E-state index in [0.717, 1.165) is 22.4 Å². The number of ether oxygens (including phenoxy) is 1. The third kappa shape index (κ3) is 4.70. The first-order valence-electron chi connectivity index (χ1n) is 9.77. The molecule has 2 fully saturated rings. The Morgan fingerprint density at radius 1 is 1.17 bits per heavy atom. The number of amides is 1. The molecule has 8 heteroatoms. The molecule has 2 aliphatic heterocycles. The van der Waals surface area contributed by atoms with Crippen LogP contribution in [0.3, 0.4) is 0 Å². The monoisotopic (exact) mass is 444 g/mol. The molecule has 0 bridgehead atoms. The Labute approximate surface area is 181 Å². The Kier molecular flexibility index (Phi) is 5.88. The zero-order valence-electron chi connectivity index (χ0n) is 16.9. The minimum absolute atomic E-state index is 0.0845. The van der Waals surface area contributed by atoms with E-state index in [1.54, 1.807) is 7.11 Å². The van der Waals surface area contributed by atoms with Gasteiger partial charge in [0.2, 0.25) is 0 Å². The molecule has 2 heterocycles. The fourth-order valence-corrected chi connectivity index (χ4v) is 7.86. The predicted molar refractivity (Wildman–Crippen MR) is 120 cm³/mol. The van der Waals surface area contributed by atoms with E-state index >= 15 is 0 Å². The van der Waals surface area contributed by atoms with Gasteiger partial charge >= 0.3 is 0 Å². The molecule has 0 N–H and O–H groups in total. The molecular formula is C22H24N2O4S2. The number of carbonyl (C=O) groups excluding carboxylic acids is 1. The highest BCUT2D eigenvalue weighted by atomic mass is 32.2. The van der Waals surface area contributed by atoms with Crippen LogP contribution in [0.1, 0.15) is 16.7 Å². The summed E-state index contributed by atoms with van der Waals surface area (Å²) in [7, 11) is -1.45. The van der Waals surface area contributed by atoms with Gasteiger partial charge in [0, 0.05) is 11.8 Å². The molecule has 0 unspecified atom stereocenters. The number of rotatable bonds is 5. The molecule has 1 amide bonds. The maximum Gasteiger partial charge on any atom is 0.252 e. The number of sulfone groups is 1. The van der Waals surface area contributed by atoms with Gasteiger partial charge in [-0.3, -0.25) is 4.79 Å². The molecule has 0 saturated carbocycles. The highest BCUT2D eigenvalue weighted by Crippen LogP contribution is 2.39. The summed E-state index contributed by atoms with van der Waals surface area (Å²) in [5.74, 6) is 0.780. The van der Waals surface area contributed by atoms with Gasteiger partial charge in [0.25, 0.3) is 5.91 Å². The molecule has 6 nitrogen and oxygen atoms in total. The molecule has 2 aliphatic rings. The van der Waals surface area contributed by atoms with Crippen molar-refractivity contribution >= 4 is 32.7 Å². The quantitative estimate of drug-likeness (QED) is 0.706. The maximum absolute atomic E-state index is 12.6. The van der Waals surface area contributed by atoms with Crippen molar-refractivity contribution in [2.45, 2.75) is 31.2 Å².